The number of alkyl halides is 3. The predicted molar refractivity (Wildman–Crippen MR) is 64.7 cm³/mol. The van der Waals surface area contributed by atoms with Gasteiger partial charge in [-0.15, -0.1) is 0 Å². The van der Waals surface area contributed by atoms with Crippen LogP contribution in [0.4, 0.5) is 13.2 Å². The molecule has 1 aliphatic rings. The van der Waals surface area contributed by atoms with Gasteiger partial charge in [-0.3, -0.25) is 4.18 Å². The minimum Gasteiger partial charge on any atom is -0.373 e. The number of aromatic nitrogens is 2. The van der Waals surface area contributed by atoms with Gasteiger partial charge >= 0.3 is 6.18 Å². The van der Waals surface area contributed by atoms with E-state index in [1.807, 2.05) is 0 Å². The van der Waals surface area contributed by atoms with Gasteiger partial charge in [-0.1, -0.05) is 0 Å². The van der Waals surface area contributed by atoms with E-state index >= 15 is 0 Å². The van der Waals surface area contributed by atoms with Crippen molar-refractivity contribution in [1.82, 2.24) is 9.97 Å². The van der Waals surface area contributed by atoms with Crippen LogP contribution in [-0.2, 0) is 25.2 Å². The molecule has 1 saturated heterocycles. The zero-order valence-corrected chi connectivity index (χ0v) is 11.8. The summed E-state index contributed by atoms with van der Waals surface area (Å²) < 4.78 is 69.5. The molecular weight excluding hydrogens is 313 g/mol. The smallest absolute Gasteiger partial charge is 0.373 e. The van der Waals surface area contributed by atoms with Crippen LogP contribution >= 0.6 is 0 Å². The van der Waals surface area contributed by atoms with Crippen LogP contribution in [0.5, 0.6) is 0 Å². The van der Waals surface area contributed by atoms with Gasteiger partial charge in [-0.25, -0.2) is 9.97 Å². The Balaban J connectivity index is 2.08. The first-order chi connectivity index (χ1) is 9.65. The number of halogens is 3. The van der Waals surface area contributed by atoms with Crippen LogP contribution in [0.15, 0.2) is 12.4 Å². The van der Waals surface area contributed by atoms with Crippen molar-refractivity contribution in [1.29, 1.82) is 0 Å². The summed E-state index contributed by atoms with van der Waals surface area (Å²) in [6.45, 7) is 0.242. The molecule has 2 heterocycles. The maximum Gasteiger partial charge on any atom is 0.451 e. The standard InChI is InChI=1S/C11H13F3N2O4S/c1-21(17,18)20-8-2-3-19-9(4-8)7-5-15-10(16-6-7)11(12,13)14/h5-6,8-9H,2-4H2,1H3. The van der Waals surface area contributed by atoms with Crippen molar-refractivity contribution in [3.05, 3.63) is 23.8 Å². The third-order valence-electron chi connectivity index (χ3n) is 2.84. The number of ether oxygens (including phenoxy) is 1. The third-order valence-corrected chi connectivity index (χ3v) is 3.47. The highest BCUT2D eigenvalue weighted by Crippen LogP contribution is 2.31. The molecule has 0 spiro atoms. The summed E-state index contributed by atoms with van der Waals surface area (Å²) in [7, 11) is -3.59. The minimum absolute atomic E-state index is 0.210. The lowest BCUT2D eigenvalue weighted by atomic mass is 10.0. The Morgan fingerprint density at radius 3 is 2.48 bits per heavy atom. The Morgan fingerprint density at radius 1 is 1.33 bits per heavy atom. The Labute approximate surface area is 119 Å². The largest absolute Gasteiger partial charge is 0.451 e. The maximum atomic E-state index is 12.4. The predicted octanol–water partition coefficient (Wildman–Crippen LogP) is 1.69. The molecule has 1 aromatic rings. The molecule has 0 radical (unpaired) electrons. The molecule has 0 aliphatic carbocycles. The summed E-state index contributed by atoms with van der Waals surface area (Å²) in [5.74, 6) is -1.23. The molecule has 2 unspecified atom stereocenters. The highest BCUT2D eigenvalue weighted by molar-refractivity contribution is 7.86. The molecule has 2 rings (SSSR count). The quantitative estimate of drug-likeness (QED) is 0.787. The van der Waals surface area contributed by atoms with Crippen molar-refractivity contribution in [3.63, 3.8) is 0 Å². The highest BCUT2D eigenvalue weighted by atomic mass is 32.2. The SMILES string of the molecule is CS(=O)(=O)OC1CCOC(c2cnc(C(F)(F)F)nc2)C1. The van der Waals surface area contributed by atoms with Crippen LogP contribution in [0.2, 0.25) is 0 Å². The summed E-state index contributed by atoms with van der Waals surface area (Å²) in [6, 6.07) is 0. The summed E-state index contributed by atoms with van der Waals surface area (Å²) in [5, 5.41) is 0. The van der Waals surface area contributed by atoms with Crippen LogP contribution in [-0.4, -0.2) is 37.4 Å². The Hall–Kier alpha value is -1.26. The molecule has 21 heavy (non-hydrogen) atoms. The molecule has 1 aliphatic heterocycles. The molecule has 0 amide bonds. The average Bonchev–Trinajstić information content (AvgIpc) is 2.36. The first-order valence-corrected chi connectivity index (χ1v) is 7.86. The van der Waals surface area contributed by atoms with Gasteiger partial charge in [-0.05, 0) is 6.42 Å². The van der Waals surface area contributed by atoms with E-state index < -0.39 is 34.3 Å². The zero-order valence-electron chi connectivity index (χ0n) is 11.0. The Morgan fingerprint density at radius 2 is 1.95 bits per heavy atom. The van der Waals surface area contributed by atoms with Crippen molar-refractivity contribution >= 4 is 10.1 Å². The Kier molecular flexibility index (Phi) is 4.49. The van der Waals surface area contributed by atoms with Gasteiger partial charge in [0.05, 0.1) is 18.5 Å². The van der Waals surface area contributed by atoms with E-state index in [-0.39, 0.29) is 13.0 Å². The van der Waals surface area contributed by atoms with Crippen LogP contribution in [0, 0.1) is 0 Å². The van der Waals surface area contributed by atoms with E-state index in [0.717, 1.165) is 18.6 Å². The monoisotopic (exact) mass is 326 g/mol. The second kappa shape index (κ2) is 5.85. The van der Waals surface area contributed by atoms with Gasteiger partial charge < -0.3 is 4.74 Å². The van der Waals surface area contributed by atoms with Gasteiger partial charge in [0, 0.05) is 31.0 Å². The van der Waals surface area contributed by atoms with Crippen molar-refractivity contribution in [2.45, 2.75) is 31.2 Å². The molecule has 0 N–H and O–H groups in total. The van der Waals surface area contributed by atoms with Gasteiger partial charge in [-0.2, -0.15) is 21.6 Å². The molecule has 118 valence electrons. The molecule has 1 fully saturated rings. The second-order valence-electron chi connectivity index (χ2n) is 4.64. The number of rotatable bonds is 3. The van der Waals surface area contributed by atoms with Crippen LogP contribution in [0.1, 0.15) is 30.3 Å². The lowest BCUT2D eigenvalue weighted by Crippen LogP contribution is -2.28. The Bertz CT molecular complexity index is 588. The van der Waals surface area contributed by atoms with Gasteiger partial charge in [0.15, 0.2) is 0 Å². The zero-order chi connectivity index (χ0) is 15.7. The number of hydrogen-bond donors (Lipinski definition) is 0. The number of nitrogens with zero attached hydrogens (tertiary/aromatic N) is 2. The van der Waals surface area contributed by atoms with E-state index in [2.05, 4.69) is 9.97 Å². The summed E-state index contributed by atoms with van der Waals surface area (Å²) in [4.78, 5) is 6.50. The lowest BCUT2D eigenvalue weighted by molar-refractivity contribution is -0.145. The van der Waals surface area contributed by atoms with E-state index in [0.29, 0.717) is 12.0 Å². The van der Waals surface area contributed by atoms with E-state index in [1.54, 1.807) is 0 Å². The van der Waals surface area contributed by atoms with Gasteiger partial charge in [0.25, 0.3) is 10.1 Å². The van der Waals surface area contributed by atoms with Crippen molar-refractivity contribution in [3.8, 4) is 0 Å². The van der Waals surface area contributed by atoms with E-state index in [9.17, 15) is 21.6 Å². The minimum atomic E-state index is -4.60. The van der Waals surface area contributed by atoms with Crippen molar-refractivity contribution in [2.24, 2.45) is 0 Å². The molecule has 0 saturated carbocycles. The molecule has 10 heteroatoms. The maximum absolute atomic E-state index is 12.4. The van der Waals surface area contributed by atoms with Crippen LogP contribution < -0.4 is 0 Å². The highest BCUT2D eigenvalue weighted by Gasteiger charge is 2.35. The van der Waals surface area contributed by atoms with Crippen LogP contribution in [0.25, 0.3) is 0 Å². The van der Waals surface area contributed by atoms with E-state index in [4.69, 9.17) is 8.92 Å². The number of hydrogen-bond acceptors (Lipinski definition) is 6. The molecule has 2 atom stereocenters. The second-order valence-corrected chi connectivity index (χ2v) is 6.24. The summed E-state index contributed by atoms with van der Waals surface area (Å²) in [6.07, 6.45) is -2.15. The molecule has 6 nitrogen and oxygen atoms in total. The fourth-order valence-electron chi connectivity index (χ4n) is 1.98. The average molecular weight is 326 g/mol. The fraction of sp³-hybridized carbons (Fsp3) is 0.636. The first kappa shape index (κ1) is 16.1. The van der Waals surface area contributed by atoms with Gasteiger partial charge in [0.1, 0.15) is 0 Å². The normalized spacial score (nSPS) is 24.0. The molecule has 0 aromatic carbocycles. The van der Waals surface area contributed by atoms with Gasteiger partial charge in [0.2, 0.25) is 5.82 Å². The van der Waals surface area contributed by atoms with Crippen LogP contribution in [0.3, 0.4) is 0 Å². The molecular formula is C11H13F3N2O4S. The van der Waals surface area contributed by atoms with E-state index in [1.165, 1.54) is 0 Å². The fourth-order valence-corrected chi connectivity index (χ4v) is 2.65. The molecule has 0 bridgehead atoms. The van der Waals surface area contributed by atoms with Crippen molar-refractivity contribution < 1.29 is 30.5 Å². The molecule has 1 aromatic heterocycles. The summed E-state index contributed by atoms with van der Waals surface area (Å²) >= 11 is 0. The van der Waals surface area contributed by atoms with Crippen molar-refractivity contribution in [2.75, 3.05) is 12.9 Å². The lowest BCUT2D eigenvalue weighted by Gasteiger charge is -2.28. The third kappa shape index (κ3) is 4.61. The first-order valence-electron chi connectivity index (χ1n) is 6.04. The summed E-state index contributed by atoms with van der Waals surface area (Å²) in [5.41, 5.74) is 0.352. The topological polar surface area (TPSA) is 78.4 Å².